The zero-order valence-electron chi connectivity index (χ0n) is 21.7. The molecule has 1 saturated carbocycles. The molecule has 8 heteroatoms. The van der Waals surface area contributed by atoms with Gasteiger partial charge in [0.2, 0.25) is 17.7 Å². The number of anilines is 1. The Kier molecular flexibility index (Phi) is 8.44. The van der Waals surface area contributed by atoms with Crippen LogP contribution in [0, 0.1) is 11.8 Å². The predicted octanol–water partition coefficient (Wildman–Crippen LogP) is 4.13. The van der Waals surface area contributed by atoms with Gasteiger partial charge in [-0.1, -0.05) is 63.4 Å². The number of carbonyl (C=O) groups excluding carboxylic acids is 3. The minimum Gasteiger partial charge on any atom is -0.344 e. The second kappa shape index (κ2) is 11.7. The average Bonchev–Trinajstić information content (AvgIpc) is 3.54. The molecule has 1 aromatic heterocycles. The quantitative estimate of drug-likeness (QED) is 0.578. The minimum absolute atomic E-state index is 0.0792. The molecule has 2 heterocycles. The van der Waals surface area contributed by atoms with Crippen LogP contribution in [-0.2, 0) is 21.4 Å². The van der Waals surface area contributed by atoms with Crippen LogP contribution in [0.15, 0.2) is 36.5 Å². The van der Waals surface area contributed by atoms with Gasteiger partial charge >= 0.3 is 0 Å². The van der Waals surface area contributed by atoms with Crippen LogP contribution in [0.4, 0.5) is 5.69 Å². The van der Waals surface area contributed by atoms with Gasteiger partial charge < -0.3 is 15.5 Å². The summed E-state index contributed by atoms with van der Waals surface area (Å²) in [5.41, 5.74) is 2.24. The number of amides is 3. The molecule has 2 fully saturated rings. The molecule has 8 nitrogen and oxygen atoms in total. The van der Waals surface area contributed by atoms with Crippen LogP contribution in [0.25, 0.3) is 11.3 Å². The highest BCUT2D eigenvalue weighted by molar-refractivity contribution is 6.00. The summed E-state index contributed by atoms with van der Waals surface area (Å²) in [5, 5.41) is 10.7. The largest absolute Gasteiger partial charge is 0.344 e. The molecular formula is C28H39N5O3. The van der Waals surface area contributed by atoms with Crippen LogP contribution in [0.3, 0.4) is 0 Å². The summed E-state index contributed by atoms with van der Waals surface area (Å²) in [4.78, 5) is 41.8. The number of hydrogen-bond donors (Lipinski definition) is 2. The van der Waals surface area contributed by atoms with E-state index in [1.54, 1.807) is 15.8 Å². The number of carbonyl (C=O) groups is 3. The standard InChI is InChI=1S/C28H39N5O3/c1-4-19(2)26(34)30-25(21-14-9-6-10-15-21)28(36)33-17-11-16-23(33)27(35)29-22-18-32(3)31-24(22)20-12-7-5-8-13-20/h5,7-8,12-13,18-19,21,23,25H,4,6,9-11,14-17H2,1-3H3,(H,29,35)(H,30,34)/t19-,23+,25+/m1/s1. The third-order valence-corrected chi connectivity index (χ3v) is 7.72. The summed E-state index contributed by atoms with van der Waals surface area (Å²) >= 11 is 0. The van der Waals surface area contributed by atoms with Gasteiger partial charge in [-0.3, -0.25) is 19.1 Å². The van der Waals surface area contributed by atoms with Crippen molar-refractivity contribution in [1.29, 1.82) is 0 Å². The Hall–Kier alpha value is -3.16. The van der Waals surface area contributed by atoms with E-state index in [-0.39, 0.29) is 29.6 Å². The van der Waals surface area contributed by atoms with Crippen LogP contribution in [0.5, 0.6) is 0 Å². The van der Waals surface area contributed by atoms with E-state index < -0.39 is 12.1 Å². The molecule has 1 saturated heterocycles. The van der Waals surface area contributed by atoms with Crippen LogP contribution >= 0.6 is 0 Å². The van der Waals surface area contributed by atoms with Gasteiger partial charge in [0.15, 0.2) is 0 Å². The third-order valence-electron chi connectivity index (χ3n) is 7.72. The topological polar surface area (TPSA) is 96.3 Å². The highest BCUT2D eigenvalue weighted by atomic mass is 16.2. The van der Waals surface area contributed by atoms with Crippen LogP contribution in [-0.4, -0.2) is 51.0 Å². The van der Waals surface area contributed by atoms with E-state index in [0.717, 1.165) is 44.1 Å². The molecule has 1 aliphatic carbocycles. The normalized spacial score (nSPS) is 20.1. The molecule has 1 aliphatic heterocycles. The van der Waals surface area contributed by atoms with Crippen molar-refractivity contribution in [3.8, 4) is 11.3 Å². The zero-order valence-corrected chi connectivity index (χ0v) is 21.7. The number of nitrogens with one attached hydrogen (secondary N) is 2. The van der Waals surface area contributed by atoms with Gasteiger partial charge in [0.25, 0.3) is 0 Å². The molecule has 3 atom stereocenters. The first kappa shape index (κ1) is 25.9. The Morgan fingerprint density at radius 2 is 1.78 bits per heavy atom. The lowest BCUT2D eigenvalue weighted by Gasteiger charge is -2.35. The SMILES string of the molecule is CC[C@@H](C)C(=O)N[C@H](C(=O)N1CCC[C@H]1C(=O)Nc1cn(C)nc1-c1ccccc1)C1CCCCC1. The fourth-order valence-corrected chi connectivity index (χ4v) is 5.42. The molecule has 36 heavy (non-hydrogen) atoms. The number of likely N-dealkylation sites (tertiary alicyclic amines) is 1. The van der Waals surface area contributed by atoms with Gasteiger partial charge in [-0.05, 0) is 38.0 Å². The second-order valence-electron chi connectivity index (χ2n) is 10.3. The third kappa shape index (κ3) is 5.79. The molecular weight excluding hydrogens is 454 g/mol. The van der Waals surface area contributed by atoms with Crippen molar-refractivity contribution in [1.82, 2.24) is 20.0 Å². The lowest BCUT2D eigenvalue weighted by molar-refractivity contribution is -0.142. The first-order valence-corrected chi connectivity index (χ1v) is 13.4. The van der Waals surface area contributed by atoms with Gasteiger partial charge in [-0.2, -0.15) is 5.10 Å². The number of hydrogen-bond acceptors (Lipinski definition) is 4. The van der Waals surface area contributed by atoms with Gasteiger partial charge in [0, 0.05) is 31.3 Å². The van der Waals surface area contributed by atoms with Crippen molar-refractivity contribution in [2.75, 3.05) is 11.9 Å². The van der Waals surface area contributed by atoms with Crippen molar-refractivity contribution < 1.29 is 14.4 Å². The monoisotopic (exact) mass is 493 g/mol. The fourth-order valence-electron chi connectivity index (χ4n) is 5.42. The number of rotatable bonds is 8. The van der Waals surface area contributed by atoms with Crippen molar-refractivity contribution in [2.45, 2.75) is 77.3 Å². The van der Waals surface area contributed by atoms with Gasteiger partial charge in [0.05, 0.1) is 5.69 Å². The van der Waals surface area contributed by atoms with Crippen LogP contribution in [0.2, 0.25) is 0 Å². The van der Waals surface area contributed by atoms with E-state index in [2.05, 4.69) is 15.7 Å². The predicted molar refractivity (Wildman–Crippen MR) is 140 cm³/mol. The van der Waals surface area contributed by atoms with Crippen LogP contribution < -0.4 is 10.6 Å². The smallest absolute Gasteiger partial charge is 0.247 e. The maximum Gasteiger partial charge on any atom is 0.247 e. The summed E-state index contributed by atoms with van der Waals surface area (Å²) in [6, 6.07) is 8.59. The Balaban J connectivity index is 1.52. The van der Waals surface area contributed by atoms with E-state index >= 15 is 0 Å². The first-order chi connectivity index (χ1) is 17.4. The van der Waals surface area contributed by atoms with Gasteiger partial charge in [-0.15, -0.1) is 0 Å². The number of benzene rings is 1. The first-order valence-electron chi connectivity index (χ1n) is 13.4. The number of aromatic nitrogens is 2. The molecule has 1 aromatic carbocycles. The van der Waals surface area contributed by atoms with Crippen molar-refractivity contribution in [3.63, 3.8) is 0 Å². The molecule has 0 radical (unpaired) electrons. The Labute approximate surface area is 213 Å². The molecule has 194 valence electrons. The lowest BCUT2D eigenvalue weighted by Crippen LogP contribution is -2.56. The number of aryl methyl sites for hydroxylation is 1. The van der Waals surface area contributed by atoms with E-state index in [0.29, 0.717) is 24.3 Å². The Bertz CT molecular complexity index is 1060. The van der Waals surface area contributed by atoms with Gasteiger partial charge in [0.1, 0.15) is 17.8 Å². The Morgan fingerprint density at radius 3 is 2.47 bits per heavy atom. The summed E-state index contributed by atoms with van der Waals surface area (Å²) in [6.07, 6.45) is 9.05. The molecule has 0 bridgehead atoms. The van der Waals surface area contributed by atoms with Crippen molar-refractivity contribution in [2.24, 2.45) is 18.9 Å². The lowest BCUT2D eigenvalue weighted by atomic mass is 9.83. The molecule has 0 unspecified atom stereocenters. The molecule has 4 rings (SSSR count). The molecule has 0 spiro atoms. The molecule has 2 N–H and O–H groups in total. The maximum atomic E-state index is 13.9. The molecule has 2 aliphatic rings. The van der Waals surface area contributed by atoms with E-state index in [4.69, 9.17) is 0 Å². The van der Waals surface area contributed by atoms with Crippen molar-refractivity contribution in [3.05, 3.63) is 36.5 Å². The van der Waals surface area contributed by atoms with Crippen molar-refractivity contribution >= 4 is 23.4 Å². The summed E-state index contributed by atoms with van der Waals surface area (Å²) in [6.45, 7) is 4.39. The highest BCUT2D eigenvalue weighted by Gasteiger charge is 2.41. The van der Waals surface area contributed by atoms with E-state index in [1.165, 1.54) is 6.42 Å². The van der Waals surface area contributed by atoms with Gasteiger partial charge in [-0.25, -0.2) is 0 Å². The maximum absolute atomic E-state index is 13.9. The average molecular weight is 494 g/mol. The zero-order chi connectivity index (χ0) is 25.7. The molecule has 3 amide bonds. The molecule has 2 aromatic rings. The Morgan fingerprint density at radius 1 is 1.06 bits per heavy atom. The highest BCUT2D eigenvalue weighted by Crippen LogP contribution is 2.31. The number of nitrogens with zero attached hydrogens (tertiary/aromatic N) is 3. The van der Waals surface area contributed by atoms with Crippen LogP contribution in [0.1, 0.15) is 65.2 Å². The van der Waals surface area contributed by atoms with E-state index in [1.807, 2.05) is 51.2 Å². The minimum atomic E-state index is -0.571. The summed E-state index contributed by atoms with van der Waals surface area (Å²) in [5.74, 6) is -0.438. The summed E-state index contributed by atoms with van der Waals surface area (Å²) in [7, 11) is 1.82. The second-order valence-corrected chi connectivity index (χ2v) is 10.3. The summed E-state index contributed by atoms with van der Waals surface area (Å²) < 4.78 is 1.68. The fraction of sp³-hybridized carbons (Fsp3) is 0.571. The van der Waals surface area contributed by atoms with E-state index in [9.17, 15) is 14.4 Å².